The maximum Gasteiger partial charge on any atom is 0.222 e. The predicted octanol–water partition coefficient (Wildman–Crippen LogP) is 3.92. The van der Waals surface area contributed by atoms with Gasteiger partial charge in [0.1, 0.15) is 11.3 Å². The van der Waals surface area contributed by atoms with Crippen molar-refractivity contribution in [1.29, 1.82) is 0 Å². The van der Waals surface area contributed by atoms with E-state index in [0.717, 1.165) is 44.3 Å². The second-order valence-electron chi connectivity index (χ2n) is 6.88. The number of para-hydroxylation sites is 2. The highest BCUT2D eigenvalue weighted by atomic mass is 16.5. The molecule has 0 unspecified atom stereocenters. The average molecular weight is 369 g/mol. The number of nitrogens with two attached hydrogens (primary N) is 1. The highest BCUT2D eigenvalue weighted by Gasteiger charge is 2.14. The fraction of sp³-hybridized carbons (Fsp3) is 0.136. The molecule has 0 saturated heterocycles. The van der Waals surface area contributed by atoms with E-state index in [-0.39, 0.29) is 0 Å². The van der Waals surface area contributed by atoms with Crippen LogP contribution in [0.15, 0.2) is 54.6 Å². The van der Waals surface area contributed by atoms with Gasteiger partial charge in [0.15, 0.2) is 0 Å². The van der Waals surface area contributed by atoms with Crippen LogP contribution in [0.1, 0.15) is 17.0 Å². The molecule has 0 amide bonds. The molecule has 0 aliphatic rings. The van der Waals surface area contributed by atoms with E-state index in [0.29, 0.717) is 18.1 Å². The Kier molecular flexibility index (Phi) is 3.65. The van der Waals surface area contributed by atoms with Gasteiger partial charge in [-0.15, -0.1) is 0 Å². The van der Waals surface area contributed by atoms with Crippen molar-refractivity contribution >= 4 is 33.3 Å². The number of nitrogen functional groups attached to an aromatic ring is 1. The summed E-state index contributed by atoms with van der Waals surface area (Å²) < 4.78 is 7.13. The van der Waals surface area contributed by atoms with Crippen LogP contribution in [0.5, 0.6) is 5.75 Å². The first kappa shape index (κ1) is 16.5. The van der Waals surface area contributed by atoms with Crippen molar-refractivity contribution in [3.8, 4) is 5.75 Å². The van der Waals surface area contributed by atoms with Crippen molar-refractivity contribution < 1.29 is 4.74 Å². The molecule has 0 fully saturated rings. The standard InChI is InChI=1S/C22H19N5O/c1-13-9-10-14-5-3-6-15(20(14)24-13)11-16-12-18-17-7-4-8-19(28-2)21(17)25-22(23)27(18)26-16/h3-10,12H,11H2,1-2H3,(H2,23,25). The van der Waals surface area contributed by atoms with Gasteiger partial charge in [0.25, 0.3) is 0 Å². The summed E-state index contributed by atoms with van der Waals surface area (Å²) in [6, 6.07) is 18.3. The number of pyridine rings is 1. The number of fused-ring (bicyclic) bond motifs is 4. The Morgan fingerprint density at radius 3 is 2.71 bits per heavy atom. The smallest absolute Gasteiger partial charge is 0.222 e. The molecular weight excluding hydrogens is 350 g/mol. The van der Waals surface area contributed by atoms with Crippen LogP contribution in [0.2, 0.25) is 0 Å². The van der Waals surface area contributed by atoms with Crippen LogP contribution in [-0.4, -0.2) is 26.7 Å². The van der Waals surface area contributed by atoms with Gasteiger partial charge in [0, 0.05) is 22.9 Å². The van der Waals surface area contributed by atoms with Crippen LogP contribution in [0, 0.1) is 6.92 Å². The number of aromatic nitrogens is 4. The van der Waals surface area contributed by atoms with Crippen molar-refractivity contribution in [3.63, 3.8) is 0 Å². The zero-order valence-electron chi connectivity index (χ0n) is 15.7. The van der Waals surface area contributed by atoms with Crippen LogP contribution in [0.3, 0.4) is 0 Å². The molecule has 2 aromatic carbocycles. The molecule has 28 heavy (non-hydrogen) atoms. The molecule has 6 nitrogen and oxygen atoms in total. The number of methoxy groups -OCH3 is 1. The molecule has 5 rings (SSSR count). The second kappa shape index (κ2) is 6.20. The number of nitrogens with zero attached hydrogens (tertiary/aromatic N) is 4. The van der Waals surface area contributed by atoms with E-state index in [1.807, 2.05) is 31.2 Å². The molecule has 0 aliphatic heterocycles. The van der Waals surface area contributed by atoms with E-state index in [9.17, 15) is 0 Å². The third-order valence-corrected chi connectivity index (χ3v) is 5.01. The summed E-state index contributed by atoms with van der Waals surface area (Å²) in [6.07, 6.45) is 0.667. The Balaban J connectivity index is 1.68. The summed E-state index contributed by atoms with van der Waals surface area (Å²) in [7, 11) is 1.63. The average Bonchev–Trinajstić information content (AvgIpc) is 3.13. The van der Waals surface area contributed by atoms with E-state index in [2.05, 4.69) is 35.3 Å². The van der Waals surface area contributed by atoms with Gasteiger partial charge in [-0.2, -0.15) is 9.61 Å². The maximum absolute atomic E-state index is 6.18. The van der Waals surface area contributed by atoms with Crippen LogP contribution in [0.4, 0.5) is 5.95 Å². The lowest BCUT2D eigenvalue weighted by atomic mass is 10.0. The molecule has 0 spiro atoms. The summed E-state index contributed by atoms with van der Waals surface area (Å²) in [5, 5.41) is 6.79. The molecule has 0 saturated carbocycles. The highest BCUT2D eigenvalue weighted by molar-refractivity contribution is 5.97. The van der Waals surface area contributed by atoms with Gasteiger partial charge < -0.3 is 10.5 Å². The molecule has 5 aromatic rings. The first-order valence-corrected chi connectivity index (χ1v) is 9.10. The Labute approximate surface area is 161 Å². The number of aryl methyl sites for hydroxylation is 1. The van der Waals surface area contributed by atoms with Crippen LogP contribution >= 0.6 is 0 Å². The zero-order valence-corrected chi connectivity index (χ0v) is 15.7. The molecule has 3 heterocycles. The van der Waals surface area contributed by atoms with Gasteiger partial charge in [-0.1, -0.05) is 36.4 Å². The van der Waals surface area contributed by atoms with Gasteiger partial charge in [0.05, 0.1) is 23.8 Å². The summed E-state index contributed by atoms with van der Waals surface area (Å²) in [4.78, 5) is 9.23. The van der Waals surface area contributed by atoms with Gasteiger partial charge in [-0.05, 0) is 30.7 Å². The molecule has 0 atom stereocenters. The van der Waals surface area contributed by atoms with Gasteiger partial charge >= 0.3 is 0 Å². The molecule has 138 valence electrons. The number of anilines is 1. The van der Waals surface area contributed by atoms with Crippen molar-refractivity contribution in [1.82, 2.24) is 19.6 Å². The number of benzene rings is 2. The second-order valence-corrected chi connectivity index (χ2v) is 6.88. The zero-order chi connectivity index (χ0) is 19.3. The van der Waals surface area contributed by atoms with Crippen LogP contribution < -0.4 is 10.5 Å². The third kappa shape index (κ3) is 2.53. The minimum Gasteiger partial charge on any atom is -0.494 e. The van der Waals surface area contributed by atoms with Crippen molar-refractivity contribution in [2.45, 2.75) is 13.3 Å². The Hall–Kier alpha value is -3.67. The lowest BCUT2D eigenvalue weighted by Crippen LogP contribution is -2.03. The highest BCUT2D eigenvalue weighted by Crippen LogP contribution is 2.29. The fourth-order valence-corrected chi connectivity index (χ4v) is 3.70. The Morgan fingerprint density at radius 1 is 1.00 bits per heavy atom. The quantitative estimate of drug-likeness (QED) is 0.521. The summed E-state index contributed by atoms with van der Waals surface area (Å²) in [5.74, 6) is 1.04. The lowest BCUT2D eigenvalue weighted by Gasteiger charge is -2.07. The summed E-state index contributed by atoms with van der Waals surface area (Å²) in [6.45, 7) is 2.01. The molecule has 3 aromatic heterocycles. The predicted molar refractivity (Wildman–Crippen MR) is 111 cm³/mol. The lowest BCUT2D eigenvalue weighted by molar-refractivity contribution is 0.419. The summed E-state index contributed by atoms with van der Waals surface area (Å²) >= 11 is 0. The van der Waals surface area contributed by atoms with Crippen LogP contribution in [-0.2, 0) is 6.42 Å². The van der Waals surface area contributed by atoms with E-state index in [1.54, 1.807) is 11.6 Å². The first-order chi connectivity index (χ1) is 13.6. The Morgan fingerprint density at radius 2 is 1.86 bits per heavy atom. The Bertz CT molecular complexity index is 1360. The fourth-order valence-electron chi connectivity index (χ4n) is 3.70. The molecular formula is C22H19N5O. The third-order valence-electron chi connectivity index (χ3n) is 5.01. The van der Waals surface area contributed by atoms with Gasteiger partial charge in [0.2, 0.25) is 5.95 Å². The van der Waals surface area contributed by atoms with Crippen LogP contribution in [0.25, 0.3) is 27.3 Å². The number of rotatable bonds is 3. The maximum atomic E-state index is 6.18. The van der Waals surface area contributed by atoms with Gasteiger partial charge in [-0.25, -0.2) is 4.98 Å². The molecule has 0 radical (unpaired) electrons. The topological polar surface area (TPSA) is 78.3 Å². The first-order valence-electron chi connectivity index (χ1n) is 9.10. The molecule has 0 bridgehead atoms. The number of ether oxygens (including phenoxy) is 1. The number of hydrogen-bond donors (Lipinski definition) is 1. The molecule has 2 N–H and O–H groups in total. The largest absolute Gasteiger partial charge is 0.494 e. The monoisotopic (exact) mass is 369 g/mol. The minimum absolute atomic E-state index is 0.338. The van der Waals surface area contributed by atoms with Crippen molar-refractivity contribution in [3.05, 3.63) is 71.5 Å². The van der Waals surface area contributed by atoms with Crippen molar-refractivity contribution in [2.75, 3.05) is 12.8 Å². The summed E-state index contributed by atoms with van der Waals surface area (Å²) in [5.41, 5.74) is 11.9. The molecule has 0 aliphatic carbocycles. The van der Waals surface area contributed by atoms with Crippen molar-refractivity contribution in [2.24, 2.45) is 0 Å². The minimum atomic E-state index is 0.338. The van der Waals surface area contributed by atoms with E-state index < -0.39 is 0 Å². The molecule has 6 heteroatoms. The van der Waals surface area contributed by atoms with E-state index in [4.69, 9.17) is 20.6 Å². The SMILES string of the molecule is COc1cccc2c1nc(N)n1nc(Cc3cccc4ccc(C)nc34)cc21. The van der Waals surface area contributed by atoms with E-state index >= 15 is 0 Å². The van der Waals surface area contributed by atoms with E-state index in [1.165, 1.54) is 0 Å². The number of hydrogen-bond acceptors (Lipinski definition) is 5. The normalized spacial score (nSPS) is 11.5. The van der Waals surface area contributed by atoms with Gasteiger partial charge in [-0.3, -0.25) is 4.98 Å².